The SMILES string of the molecule is CNc1cc(Nc2cccn(-c3cc(OC)ncn3)c2=O)nc2c(C(=O)N[C@@H]3CC[C@H]3OC)onc12. The van der Waals surface area contributed by atoms with Crippen LogP contribution in [0.25, 0.3) is 16.9 Å². The molecule has 0 bridgehead atoms. The first-order chi connectivity index (χ1) is 17.5. The van der Waals surface area contributed by atoms with Gasteiger partial charge in [0.15, 0.2) is 5.52 Å². The Morgan fingerprint density at radius 1 is 1.17 bits per heavy atom. The maximum atomic E-state index is 13.2. The van der Waals surface area contributed by atoms with Gasteiger partial charge >= 0.3 is 0 Å². The fourth-order valence-corrected chi connectivity index (χ4v) is 3.96. The van der Waals surface area contributed by atoms with Gasteiger partial charge < -0.3 is 29.9 Å². The molecule has 186 valence electrons. The molecule has 0 aliphatic heterocycles. The molecule has 4 heterocycles. The van der Waals surface area contributed by atoms with Gasteiger partial charge in [-0.1, -0.05) is 5.16 Å². The minimum absolute atomic E-state index is 0.0227. The van der Waals surface area contributed by atoms with Gasteiger partial charge in [-0.15, -0.1) is 0 Å². The number of hydrogen-bond acceptors (Lipinski definition) is 11. The highest BCUT2D eigenvalue weighted by Gasteiger charge is 2.34. The van der Waals surface area contributed by atoms with Gasteiger partial charge in [0, 0.05) is 32.5 Å². The van der Waals surface area contributed by atoms with Crippen LogP contribution in [0.2, 0.25) is 0 Å². The van der Waals surface area contributed by atoms with E-state index in [-0.39, 0.29) is 34.7 Å². The molecule has 1 fully saturated rings. The molecule has 5 rings (SSSR count). The lowest BCUT2D eigenvalue weighted by molar-refractivity contribution is 0.00678. The van der Waals surface area contributed by atoms with Crippen LogP contribution < -0.4 is 26.2 Å². The van der Waals surface area contributed by atoms with E-state index in [1.54, 1.807) is 44.6 Å². The summed E-state index contributed by atoms with van der Waals surface area (Å²) in [5.74, 6) is 0.532. The second-order valence-electron chi connectivity index (χ2n) is 8.09. The summed E-state index contributed by atoms with van der Waals surface area (Å²) in [7, 11) is 4.81. The van der Waals surface area contributed by atoms with Gasteiger partial charge in [-0.3, -0.25) is 14.2 Å². The molecule has 1 aliphatic rings. The molecule has 2 atom stereocenters. The van der Waals surface area contributed by atoms with E-state index in [0.29, 0.717) is 28.7 Å². The van der Waals surface area contributed by atoms with E-state index in [0.717, 1.165) is 12.8 Å². The van der Waals surface area contributed by atoms with Crippen LogP contribution >= 0.6 is 0 Å². The first-order valence-corrected chi connectivity index (χ1v) is 11.2. The zero-order chi connectivity index (χ0) is 25.2. The predicted molar refractivity (Wildman–Crippen MR) is 130 cm³/mol. The Kier molecular flexibility index (Phi) is 6.21. The quantitative estimate of drug-likeness (QED) is 0.330. The van der Waals surface area contributed by atoms with Crippen molar-refractivity contribution in [3.8, 4) is 11.7 Å². The van der Waals surface area contributed by atoms with E-state index in [4.69, 9.17) is 14.0 Å². The number of aromatic nitrogens is 5. The maximum Gasteiger partial charge on any atom is 0.292 e. The minimum Gasteiger partial charge on any atom is -0.481 e. The molecule has 4 aromatic rings. The summed E-state index contributed by atoms with van der Waals surface area (Å²) < 4.78 is 17.2. The Morgan fingerprint density at radius 3 is 2.75 bits per heavy atom. The van der Waals surface area contributed by atoms with E-state index in [2.05, 4.69) is 36.1 Å². The molecule has 13 heteroatoms. The third kappa shape index (κ3) is 4.20. The second kappa shape index (κ2) is 9.62. The van der Waals surface area contributed by atoms with E-state index < -0.39 is 5.91 Å². The smallest absolute Gasteiger partial charge is 0.292 e. The lowest BCUT2D eigenvalue weighted by Gasteiger charge is -2.35. The van der Waals surface area contributed by atoms with Gasteiger partial charge in [-0.25, -0.2) is 15.0 Å². The van der Waals surface area contributed by atoms with Crippen LogP contribution in [0.1, 0.15) is 23.4 Å². The third-order valence-electron chi connectivity index (χ3n) is 6.04. The Bertz CT molecular complexity index is 1480. The topological polar surface area (TPSA) is 158 Å². The number of amides is 1. The molecule has 1 amide bonds. The second-order valence-corrected chi connectivity index (χ2v) is 8.09. The normalized spacial score (nSPS) is 16.9. The van der Waals surface area contributed by atoms with Crippen LogP contribution in [0, 0.1) is 0 Å². The number of pyridine rings is 2. The average Bonchev–Trinajstić information content (AvgIpc) is 3.31. The molecule has 36 heavy (non-hydrogen) atoms. The lowest BCUT2D eigenvalue weighted by Crippen LogP contribution is -2.51. The summed E-state index contributed by atoms with van der Waals surface area (Å²) in [4.78, 5) is 38.7. The van der Waals surface area contributed by atoms with Crippen molar-refractivity contribution < 1.29 is 18.8 Å². The molecule has 0 unspecified atom stereocenters. The van der Waals surface area contributed by atoms with Crippen LogP contribution in [0.15, 0.2) is 46.1 Å². The van der Waals surface area contributed by atoms with Gasteiger partial charge in [-0.05, 0) is 25.0 Å². The van der Waals surface area contributed by atoms with Crippen molar-refractivity contribution in [1.29, 1.82) is 0 Å². The van der Waals surface area contributed by atoms with Crippen molar-refractivity contribution in [2.75, 3.05) is 31.9 Å². The van der Waals surface area contributed by atoms with Crippen molar-refractivity contribution in [2.45, 2.75) is 25.0 Å². The summed E-state index contributed by atoms with van der Waals surface area (Å²) in [6.45, 7) is 0. The minimum atomic E-state index is -0.435. The van der Waals surface area contributed by atoms with Crippen LogP contribution in [0.5, 0.6) is 5.88 Å². The number of carbonyl (C=O) groups excluding carboxylic acids is 1. The fraction of sp³-hybridized carbons (Fsp3) is 0.304. The molecule has 0 saturated heterocycles. The molecule has 1 aliphatic carbocycles. The molecule has 0 aromatic carbocycles. The molecule has 3 N–H and O–H groups in total. The Balaban J connectivity index is 1.48. The molecular weight excluding hydrogens is 468 g/mol. The molecule has 4 aromatic heterocycles. The van der Waals surface area contributed by atoms with Crippen molar-refractivity contribution in [3.05, 3.63) is 52.9 Å². The Labute approximate surface area is 204 Å². The highest BCUT2D eigenvalue weighted by Crippen LogP contribution is 2.29. The van der Waals surface area contributed by atoms with Crippen LogP contribution in [0.3, 0.4) is 0 Å². The number of ether oxygens (including phenoxy) is 2. The number of fused-ring (bicyclic) bond motifs is 1. The number of hydrogen-bond donors (Lipinski definition) is 3. The summed E-state index contributed by atoms with van der Waals surface area (Å²) >= 11 is 0. The van der Waals surface area contributed by atoms with E-state index in [1.165, 1.54) is 18.0 Å². The zero-order valence-corrected chi connectivity index (χ0v) is 19.8. The number of methoxy groups -OCH3 is 2. The van der Waals surface area contributed by atoms with Crippen molar-refractivity contribution in [3.63, 3.8) is 0 Å². The predicted octanol–water partition coefficient (Wildman–Crippen LogP) is 1.86. The molecule has 1 saturated carbocycles. The number of nitrogens with one attached hydrogen (secondary N) is 3. The summed E-state index contributed by atoms with van der Waals surface area (Å²) in [5.41, 5.74) is 1.09. The number of rotatable bonds is 8. The van der Waals surface area contributed by atoms with Gasteiger partial charge in [0.05, 0.1) is 24.9 Å². The van der Waals surface area contributed by atoms with Gasteiger partial charge in [-0.2, -0.15) is 0 Å². The standard InChI is InChI=1S/C23H24N8O5/c1-24-14-9-16(27-13-5-4-8-31(23(13)33)17-10-18(35-3)26-11-25-17)29-20-19(14)30-36-21(20)22(32)28-12-6-7-15(12)34-2/h4-5,8-12,15,24H,6-7H2,1-3H3,(H,27,29)(H,28,32)/t12-,15-/m1/s1. The average molecular weight is 492 g/mol. The first kappa shape index (κ1) is 23.2. The van der Waals surface area contributed by atoms with Crippen LogP contribution in [-0.4, -0.2) is 64.0 Å². The number of nitrogens with zero attached hydrogens (tertiary/aromatic N) is 5. The van der Waals surface area contributed by atoms with Crippen molar-refractivity contribution in [1.82, 2.24) is 30.0 Å². The Morgan fingerprint density at radius 2 is 2.03 bits per heavy atom. The highest BCUT2D eigenvalue weighted by molar-refractivity contribution is 6.05. The Hall–Kier alpha value is -4.52. The molecule has 0 spiro atoms. The fourth-order valence-electron chi connectivity index (χ4n) is 3.96. The van der Waals surface area contributed by atoms with E-state index in [9.17, 15) is 9.59 Å². The van der Waals surface area contributed by atoms with Crippen molar-refractivity contribution in [2.24, 2.45) is 0 Å². The van der Waals surface area contributed by atoms with Gasteiger partial charge in [0.2, 0.25) is 11.6 Å². The number of carbonyl (C=O) groups is 1. The zero-order valence-electron chi connectivity index (χ0n) is 19.8. The van der Waals surface area contributed by atoms with E-state index in [1.807, 2.05) is 0 Å². The highest BCUT2D eigenvalue weighted by atomic mass is 16.5. The monoisotopic (exact) mass is 492 g/mol. The summed E-state index contributed by atoms with van der Waals surface area (Å²) in [5, 5.41) is 13.0. The van der Waals surface area contributed by atoms with Gasteiger partial charge in [0.1, 0.15) is 29.2 Å². The number of anilines is 3. The van der Waals surface area contributed by atoms with E-state index >= 15 is 0 Å². The molecule has 0 radical (unpaired) electrons. The molecular formula is C23H24N8O5. The molecule has 13 nitrogen and oxygen atoms in total. The van der Waals surface area contributed by atoms with Gasteiger partial charge in [0.25, 0.3) is 11.5 Å². The maximum absolute atomic E-state index is 13.2. The first-order valence-electron chi connectivity index (χ1n) is 11.2. The summed E-state index contributed by atoms with van der Waals surface area (Å²) in [6.07, 6.45) is 4.56. The van der Waals surface area contributed by atoms with Crippen molar-refractivity contribution >= 4 is 34.1 Å². The lowest BCUT2D eigenvalue weighted by atomic mass is 9.89. The van der Waals surface area contributed by atoms with Crippen LogP contribution in [-0.2, 0) is 4.74 Å². The largest absolute Gasteiger partial charge is 0.481 e. The third-order valence-corrected chi connectivity index (χ3v) is 6.04. The summed E-state index contributed by atoms with van der Waals surface area (Å²) in [6, 6.07) is 6.43. The van der Waals surface area contributed by atoms with Crippen LogP contribution in [0.4, 0.5) is 17.2 Å².